The minimum Gasteiger partial charge on any atom is -0.493 e. The molecular weight excluding hydrogens is 418 g/mol. The molecule has 0 aliphatic carbocycles. The van der Waals surface area contributed by atoms with E-state index in [0.717, 1.165) is 28.2 Å². The van der Waals surface area contributed by atoms with E-state index in [-0.39, 0.29) is 12.7 Å². The summed E-state index contributed by atoms with van der Waals surface area (Å²) in [5, 5.41) is 0. The molecule has 0 saturated heterocycles. The summed E-state index contributed by atoms with van der Waals surface area (Å²) in [6, 6.07) is 21.8. The van der Waals surface area contributed by atoms with Crippen molar-refractivity contribution in [1.82, 2.24) is 4.90 Å². The number of aryl methyl sites for hydroxylation is 1. The van der Waals surface area contributed by atoms with Crippen LogP contribution in [0.5, 0.6) is 23.0 Å². The smallest absolute Gasteiger partial charge is 0.231 e. The summed E-state index contributed by atoms with van der Waals surface area (Å²) in [5.41, 5.74) is 3.26. The van der Waals surface area contributed by atoms with Gasteiger partial charge in [-0.05, 0) is 53.8 Å². The third kappa shape index (κ3) is 5.77. The van der Waals surface area contributed by atoms with Crippen molar-refractivity contribution in [2.45, 2.75) is 25.8 Å². The number of hydrogen-bond donors (Lipinski definition) is 0. The van der Waals surface area contributed by atoms with E-state index in [2.05, 4.69) is 12.1 Å². The number of rotatable bonds is 10. The minimum atomic E-state index is 0.122. The third-order valence-electron chi connectivity index (χ3n) is 5.75. The van der Waals surface area contributed by atoms with E-state index in [1.54, 1.807) is 14.2 Å². The highest BCUT2D eigenvalue weighted by atomic mass is 16.7. The lowest BCUT2D eigenvalue weighted by Gasteiger charge is -2.23. The van der Waals surface area contributed by atoms with Gasteiger partial charge < -0.3 is 23.8 Å². The quantitative estimate of drug-likeness (QED) is 0.453. The molecular formula is C27H29NO5. The molecule has 0 atom stereocenters. The van der Waals surface area contributed by atoms with Crippen molar-refractivity contribution in [3.8, 4) is 23.0 Å². The summed E-state index contributed by atoms with van der Waals surface area (Å²) in [5.74, 6) is 2.97. The highest BCUT2D eigenvalue weighted by Gasteiger charge is 2.18. The van der Waals surface area contributed by atoms with Gasteiger partial charge in [-0.3, -0.25) is 4.79 Å². The molecule has 1 aliphatic heterocycles. The van der Waals surface area contributed by atoms with Crippen LogP contribution in [0.4, 0.5) is 0 Å². The monoisotopic (exact) mass is 447 g/mol. The second-order valence-electron chi connectivity index (χ2n) is 7.93. The number of hydrogen-bond acceptors (Lipinski definition) is 5. The molecule has 0 spiro atoms. The first-order chi connectivity index (χ1) is 16.2. The second kappa shape index (κ2) is 10.8. The number of benzene rings is 3. The first kappa shape index (κ1) is 22.5. The van der Waals surface area contributed by atoms with E-state index >= 15 is 0 Å². The van der Waals surface area contributed by atoms with E-state index in [0.29, 0.717) is 43.9 Å². The lowest BCUT2D eigenvalue weighted by molar-refractivity contribution is -0.131. The van der Waals surface area contributed by atoms with E-state index in [1.807, 2.05) is 59.5 Å². The first-order valence-corrected chi connectivity index (χ1v) is 11.1. The number of amides is 1. The molecule has 0 saturated carbocycles. The highest BCUT2D eigenvalue weighted by molar-refractivity contribution is 5.76. The van der Waals surface area contributed by atoms with E-state index in [4.69, 9.17) is 18.9 Å². The van der Waals surface area contributed by atoms with Crippen LogP contribution in [0.15, 0.2) is 66.7 Å². The van der Waals surface area contributed by atoms with E-state index in [9.17, 15) is 4.79 Å². The predicted molar refractivity (Wildman–Crippen MR) is 126 cm³/mol. The van der Waals surface area contributed by atoms with Crippen LogP contribution in [0.1, 0.15) is 23.1 Å². The maximum atomic E-state index is 13.2. The largest absolute Gasteiger partial charge is 0.493 e. The second-order valence-corrected chi connectivity index (χ2v) is 7.93. The predicted octanol–water partition coefficient (Wildman–Crippen LogP) is 4.64. The molecule has 0 unspecified atom stereocenters. The molecule has 0 bridgehead atoms. The molecule has 4 rings (SSSR count). The molecule has 3 aromatic rings. The van der Waals surface area contributed by atoms with Gasteiger partial charge in [0, 0.05) is 19.5 Å². The Morgan fingerprint density at radius 2 is 1.58 bits per heavy atom. The molecule has 172 valence electrons. The van der Waals surface area contributed by atoms with Crippen LogP contribution in [0.3, 0.4) is 0 Å². The summed E-state index contributed by atoms with van der Waals surface area (Å²) in [6.07, 6.45) is 1.89. The third-order valence-corrected chi connectivity index (χ3v) is 5.75. The zero-order valence-electron chi connectivity index (χ0n) is 19.1. The van der Waals surface area contributed by atoms with Gasteiger partial charge in [-0.15, -0.1) is 0 Å². The van der Waals surface area contributed by atoms with Gasteiger partial charge in [0.15, 0.2) is 23.0 Å². The number of carbonyl (C=O) groups is 1. The average Bonchev–Trinajstić information content (AvgIpc) is 3.33. The molecule has 0 N–H and O–H groups in total. The molecule has 0 aromatic heterocycles. The Morgan fingerprint density at radius 1 is 0.818 bits per heavy atom. The Hall–Kier alpha value is -3.67. The summed E-state index contributed by atoms with van der Waals surface area (Å²) in [6.45, 7) is 1.34. The van der Waals surface area contributed by atoms with Crippen molar-refractivity contribution in [3.63, 3.8) is 0 Å². The Labute approximate surface area is 194 Å². The number of fused-ring (bicyclic) bond motifs is 1. The molecule has 1 aliphatic rings. The van der Waals surface area contributed by atoms with E-state index < -0.39 is 0 Å². The van der Waals surface area contributed by atoms with Crippen LogP contribution in [0.25, 0.3) is 0 Å². The Bertz CT molecular complexity index is 1080. The fraction of sp³-hybridized carbons (Fsp3) is 0.296. The van der Waals surface area contributed by atoms with Crippen LogP contribution in [0.2, 0.25) is 0 Å². The van der Waals surface area contributed by atoms with Crippen molar-refractivity contribution in [1.29, 1.82) is 0 Å². The normalized spacial score (nSPS) is 11.8. The first-order valence-electron chi connectivity index (χ1n) is 11.1. The minimum absolute atomic E-state index is 0.122. The van der Waals surface area contributed by atoms with Gasteiger partial charge in [-0.1, -0.05) is 42.5 Å². The van der Waals surface area contributed by atoms with Crippen LogP contribution < -0.4 is 18.9 Å². The van der Waals surface area contributed by atoms with E-state index in [1.165, 1.54) is 0 Å². The summed E-state index contributed by atoms with van der Waals surface area (Å²) < 4.78 is 21.7. The zero-order chi connectivity index (χ0) is 23.0. The maximum Gasteiger partial charge on any atom is 0.231 e. The van der Waals surface area contributed by atoms with Gasteiger partial charge in [-0.25, -0.2) is 0 Å². The summed E-state index contributed by atoms with van der Waals surface area (Å²) >= 11 is 0. The highest BCUT2D eigenvalue weighted by Crippen LogP contribution is 2.33. The number of carbonyl (C=O) groups excluding carboxylic acids is 1. The zero-order valence-corrected chi connectivity index (χ0v) is 19.1. The molecule has 33 heavy (non-hydrogen) atoms. The van der Waals surface area contributed by atoms with Crippen molar-refractivity contribution in [2.75, 3.05) is 27.6 Å². The van der Waals surface area contributed by atoms with Gasteiger partial charge in [0.2, 0.25) is 12.7 Å². The summed E-state index contributed by atoms with van der Waals surface area (Å²) in [4.78, 5) is 15.1. The van der Waals surface area contributed by atoms with Gasteiger partial charge in [0.25, 0.3) is 0 Å². The molecule has 3 aromatic carbocycles. The van der Waals surface area contributed by atoms with Crippen LogP contribution in [-0.2, 0) is 24.2 Å². The molecule has 6 nitrogen and oxygen atoms in total. The molecule has 6 heteroatoms. The van der Waals surface area contributed by atoms with Crippen molar-refractivity contribution in [3.05, 3.63) is 83.4 Å². The van der Waals surface area contributed by atoms with Crippen molar-refractivity contribution < 1.29 is 23.7 Å². The van der Waals surface area contributed by atoms with Gasteiger partial charge in [0.05, 0.1) is 14.2 Å². The topological polar surface area (TPSA) is 57.2 Å². The Balaban J connectivity index is 1.47. The number of methoxy groups -OCH3 is 2. The summed E-state index contributed by atoms with van der Waals surface area (Å²) in [7, 11) is 3.25. The molecule has 0 fully saturated rings. The fourth-order valence-electron chi connectivity index (χ4n) is 3.91. The van der Waals surface area contributed by atoms with Crippen molar-refractivity contribution in [2.24, 2.45) is 0 Å². The Morgan fingerprint density at radius 3 is 2.36 bits per heavy atom. The lowest BCUT2D eigenvalue weighted by Crippen LogP contribution is -2.32. The van der Waals surface area contributed by atoms with Gasteiger partial charge in [-0.2, -0.15) is 0 Å². The average molecular weight is 448 g/mol. The lowest BCUT2D eigenvalue weighted by atomic mass is 10.1. The van der Waals surface area contributed by atoms with Crippen LogP contribution in [0, 0.1) is 0 Å². The number of ether oxygens (including phenoxy) is 4. The maximum absolute atomic E-state index is 13.2. The van der Waals surface area contributed by atoms with Crippen LogP contribution >= 0.6 is 0 Å². The fourth-order valence-corrected chi connectivity index (χ4v) is 3.91. The molecule has 1 heterocycles. The SMILES string of the molecule is COc1ccc(CCN(Cc2ccc3c(c2)OCO3)C(=O)CCc2ccccc2)cc1OC. The van der Waals surface area contributed by atoms with Crippen LogP contribution in [-0.4, -0.2) is 38.4 Å². The van der Waals surface area contributed by atoms with Gasteiger partial charge >= 0.3 is 0 Å². The van der Waals surface area contributed by atoms with Gasteiger partial charge in [0.1, 0.15) is 0 Å². The number of nitrogens with zero attached hydrogens (tertiary/aromatic N) is 1. The van der Waals surface area contributed by atoms with Crippen molar-refractivity contribution >= 4 is 5.91 Å². The molecule has 1 amide bonds. The molecule has 0 radical (unpaired) electrons. The standard InChI is InChI=1S/C27H29NO5/c1-30-23-11-8-21(16-25(23)31-2)14-15-28(27(29)13-10-20-6-4-3-5-7-20)18-22-9-12-24-26(17-22)33-19-32-24/h3-9,11-12,16-17H,10,13-15,18-19H2,1-2H3. The Kier molecular flexibility index (Phi) is 7.35.